The molecule has 102 valence electrons. The Morgan fingerprint density at radius 2 is 1.83 bits per heavy atom. The van der Waals surface area contributed by atoms with Crippen LogP contribution >= 0.6 is 0 Å². The van der Waals surface area contributed by atoms with Crippen molar-refractivity contribution in [1.82, 2.24) is 9.97 Å². The minimum absolute atomic E-state index is 0.424. The van der Waals surface area contributed by atoms with Crippen LogP contribution < -0.4 is 10.6 Å². The van der Waals surface area contributed by atoms with Gasteiger partial charge >= 0.3 is 0 Å². The Labute approximate surface area is 111 Å². The maximum absolute atomic E-state index is 5.99. The Morgan fingerprint density at radius 3 is 2.33 bits per heavy atom. The van der Waals surface area contributed by atoms with E-state index in [1.165, 1.54) is 0 Å². The SMILES string of the molecule is CCCc1nc(N)c(C)c(N(C)C(C)C(C)C)n1. The van der Waals surface area contributed by atoms with Crippen LogP contribution in [0.25, 0.3) is 0 Å². The molecule has 0 spiro atoms. The van der Waals surface area contributed by atoms with Gasteiger partial charge in [0.05, 0.1) is 0 Å². The molecule has 1 unspecified atom stereocenters. The van der Waals surface area contributed by atoms with Crippen molar-refractivity contribution in [1.29, 1.82) is 0 Å². The summed E-state index contributed by atoms with van der Waals surface area (Å²) in [4.78, 5) is 11.2. The Kier molecular flexibility index (Phi) is 4.93. The molecule has 4 nitrogen and oxygen atoms in total. The Bertz CT molecular complexity index is 401. The van der Waals surface area contributed by atoms with Gasteiger partial charge in [-0.05, 0) is 26.2 Å². The predicted molar refractivity (Wildman–Crippen MR) is 77.9 cm³/mol. The van der Waals surface area contributed by atoms with E-state index < -0.39 is 0 Å². The van der Waals surface area contributed by atoms with Gasteiger partial charge in [0.25, 0.3) is 0 Å². The van der Waals surface area contributed by atoms with E-state index in [1.54, 1.807) is 0 Å². The van der Waals surface area contributed by atoms with E-state index in [2.05, 4.69) is 49.6 Å². The van der Waals surface area contributed by atoms with Gasteiger partial charge in [-0.2, -0.15) is 0 Å². The number of nitrogens with zero attached hydrogens (tertiary/aromatic N) is 3. The van der Waals surface area contributed by atoms with Gasteiger partial charge in [0, 0.05) is 25.1 Å². The van der Waals surface area contributed by atoms with Gasteiger partial charge in [0.2, 0.25) is 0 Å². The molecule has 0 amide bonds. The summed E-state index contributed by atoms with van der Waals surface area (Å²) >= 11 is 0. The largest absolute Gasteiger partial charge is 0.383 e. The van der Waals surface area contributed by atoms with Crippen LogP contribution in [0, 0.1) is 12.8 Å². The summed E-state index contributed by atoms with van der Waals surface area (Å²) in [7, 11) is 2.08. The molecular formula is C14H26N4. The lowest BCUT2D eigenvalue weighted by molar-refractivity contribution is 0.501. The molecule has 1 aromatic rings. The van der Waals surface area contributed by atoms with E-state index >= 15 is 0 Å². The summed E-state index contributed by atoms with van der Waals surface area (Å²) in [5.74, 6) is 2.98. The molecule has 0 bridgehead atoms. The fraction of sp³-hybridized carbons (Fsp3) is 0.714. The summed E-state index contributed by atoms with van der Waals surface area (Å²) in [6.45, 7) is 10.8. The average Bonchev–Trinajstić information content (AvgIpc) is 2.32. The van der Waals surface area contributed by atoms with Crippen molar-refractivity contribution in [2.45, 2.75) is 53.5 Å². The Hall–Kier alpha value is -1.32. The quantitative estimate of drug-likeness (QED) is 0.873. The van der Waals surface area contributed by atoms with Crippen LogP contribution in [0.4, 0.5) is 11.6 Å². The molecule has 1 heterocycles. The molecule has 2 N–H and O–H groups in total. The van der Waals surface area contributed by atoms with Crippen LogP contribution in [0.5, 0.6) is 0 Å². The van der Waals surface area contributed by atoms with E-state index in [0.717, 1.165) is 30.0 Å². The van der Waals surface area contributed by atoms with Gasteiger partial charge in [-0.3, -0.25) is 0 Å². The van der Waals surface area contributed by atoms with Crippen molar-refractivity contribution in [3.05, 3.63) is 11.4 Å². The highest BCUT2D eigenvalue weighted by molar-refractivity contribution is 5.56. The fourth-order valence-corrected chi connectivity index (χ4v) is 1.89. The highest BCUT2D eigenvalue weighted by atomic mass is 15.2. The number of nitrogen functional groups attached to an aromatic ring is 1. The molecule has 1 rings (SSSR count). The number of aryl methyl sites for hydroxylation is 1. The minimum atomic E-state index is 0.424. The second kappa shape index (κ2) is 6.03. The molecule has 4 heteroatoms. The van der Waals surface area contributed by atoms with E-state index in [0.29, 0.717) is 17.8 Å². The van der Waals surface area contributed by atoms with E-state index in [1.807, 2.05) is 6.92 Å². The molecule has 1 atom stereocenters. The average molecular weight is 250 g/mol. The number of hydrogen-bond donors (Lipinski definition) is 1. The van der Waals surface area contributed by atoms with Gasteiger partial charge in [0.1, 0.15) is 17.5 Å². The third-order valence-electron chi connectivity index (χ3n) is 3.59. The van der Waals surface area contributed by atoms with Crippen molar-refractivity contribution in [2.24, 2.45) is 5.92 Å². The monoisotopic (exact) mass is 250 g/mol. The Morgan fingerprint density at radius 1 is 1.22 bits per heavy atom. The van der Waals surface area contributed by atoms with E-state index in [4.69, 9.17) is 5.73 Å². The molecule has 18 heavy (non-hydrogen) atoms. The molecule has 0 saturated heterocycles. The molecule has 0 aromatic carbocycles. The third kappa shape index (κ3) is 3.12. The van der Waals surface area contributed by atoms with E-state index in [9.17, 15) is 0 Å². The second-order valence-electron chi connectivity index (χ2n) is 5.32. The zero-order valence-corrected chi connectivity index (χ0v) is 12.5. The minimum Gasteiger partial charge on any atom is -0.383 e. The molecule has 0 radical (unpaired) electrons. The first-order valence-corrected chi connectivity index (χ1v) is 6.74. The van der Waals surface area contributed by atoms with Crippen LogP contribution in [0.2, 0.25) is 0 Å². The number of hydrogen-bond acceptors (Lipinski definition) is 4. The van der Waals surface area contributed by atoms with Crippen LogP contribution in [0.15, 0.2) is 0 Å². The van der Waals surface area contributed by atoms with E-state index in [-0.39, 0.29) is 0 Å². The van der Waals surface area contributed by atoms with Crippen LogP contribution in [0.3, 0.4) is 0 Å². The van der Waals surface area contributed by atoms with Crippen molar-refractivity contribution < 1.29 is 0 Å². The highest BCUT2D eigenvalue weighted by Gasteiger charge is 2.18. The topological polar surface area (TPSA) is 55.0 Å². The van der Waals surface area contributed by atoms with Gasteiger partial charge < -0.3 is 10.6 Å². The lowest BCUT2D eigenvalue weighted by atomic mass is 10.0. The smallest absolute Gasteiger partial charge is 0.137 e. The van der Waals surface area contributed by atoms with Crippen molar-refractivity contribution in [3.8, 4) is 0 Å². The molecule has 0 saturated carbocycles. The van der Waals surface area contributed by atoms with Crippen molar-refractivity contribution in [2.75, 3.05) is 17.7 Å². The lowest BCUT2D eigenvalue weighted by Crippen LogP contribution is -2.34. The zero-order valence-electron chi connectivity index (χ0n) is 12.5. The summed E-state index contributed by atoms with van der Waals surface area (Å²) in [6, 6.07) is 0.424. The third-order valence-corrected chi connectivity index (χ3v) is 3.59. The van der Waals surface area contributed by atoms with Gasteiger partial charge in [0.15, 0.2) is 0 Å². The van der Waals surface area contributed by atoms with Gasteiger partial charge in [-0.1, -0.05) is 20.8 Å². The Balaban J connectivity index is 3.13. The molecule has 0 aliphatic heterocycles. The number of aromatic nitrogens is 2. The van der Waals surface area contributed by atoms with Gasteiger partial charge in [-0.15, -0.1) is 0 Å². The summed E-state index contributed by atoms with van der Waals surface area (Å²) in [5, 5.41) is 0. The first kappa shape index (κ1) is 14.7. The maximum Gasteiger partial charge on any atom is 0.137 e. The number of nitrogens with two attached hydrogens (primary N) is 1. The summed E-state index contributed by atoms with van der Waals surface area (Å²) in [6.07, 6.45) is 1.91. The van der Waals surface area contributed by atoms with Gasteiger partial charge in [-0.25, -0.2) is 9.97 Å². The van der Waals surface area contributed by atoms with Crippen LogP contribution in [0.1, 0.15) is 45.5 Å². The van der Waals surface area contributed by atoms with Crippen LogP contribution in [-0.4, -0.2) is 23.1 Å². The standard InChI is InChI=1S/C14H26N4/c1-7-8-12-16-13(15)10(4)14(17-12)18(6)11(5)9(2)3/h9,11H,7-8H2,1-6H3,(H2,15,16,17). The molecular weight excluding hydrogens is 224 g/mol. The number of anilines is 2. The van der Waals surface area contributed by atoms with Crippen molar-refractivity contribution in [3.63, 3.8) is 0 Å². The predicted octanol–water partition coefficient (Wildman–Crippen LogP) is 2.80. The molecule has 0 aliphatic carbocycles. The first-order valence-electron chi connectivity index (χ1n) is 6.74. The lowest BCUT2D eigenvalue weighted by Gasteiger charge is -2.30. The van der Waals surface area contributed by atoms with Crippen molar-refractivity contribution >= 4 is 11.6 Å². The highest BCUT2D eigenvalue weighted by Crippen LogP contribution is 2.24. The van der Waals surface area contributed by atoms with Crippen LogP contribution in [-0.2, 0) is 6.42 Å². The maximum atomic E-state index is 5.99. The first-order chi connectivity index (χ1) is 8.38. The zero-order chi connectivity index (χ0) is 13.9. The molecule has 0 aliphatic rings. The fourth-order valence-electron chi connectivity index (χ4n) is 1.89. The summed E-state index contributed by atoms with van der Waals surface area (Å²) < 4.78 is 0. The molecule has 1 aromatic heterocycles. The summed E-state index contributed by atoms with van der Waals surface area (Å²) in [5.41, 5.74) is 6.96. The normalized spacial score (nSPS) is 12.8. The molecule has 0 fully saturated rings. The number of rotatable bonds is 5. The second-order valence-corrected chi connectivity index (χ2v) is 5.32.